The van der Waals surface area contributed by atoms with Gasteiger partial charge in [-0.05, 0) is 31.0 Å². The molecule has 4 atom stereocenters. The number of hydrogen-bond donors (Lipinski definition) is 1. The number of hydrogen-bond acceptors (Lipinski definition) is 2. The molecule has 1 N–H and O–H groups in total. The summed E-state index contributed by atoms with van der Waals surface area (Å²) in [5.41, 5.74) is 1.33. The van der Waals surface area contributed by atoms with E-state index in [0.717, 1.165) is 18.6 Å². The molecule has 4 unspecified atom stereocenters. The number of ether oxygens (including phenoxy) is 1. The maximum atomic E-state index is 13.0. The molecule has 104 valence electrons. The molecule has 2 fully saturated rings. The van der Waals surface area contributed by atoms with Gasteiger partial charge in [0.15, 0.2) is 0 Å². The van der Waals surface area contributed by atoms with Gasteiger partial charge in [-0.15, -0.1) is 0 Å². The first-order valence-corrected chi connectivity index (χ1v) is 7.13. The van der Waals surface area contributed by atoms with Gasteiger partial charge < -0.3 is 10.1 Å². The van der Waals surface area contributed by atoms with Crippen molar-refractivity contribution in [2.45, 2.75) is 45.4 Å². The second-order valence-electron chi connectivity index (χ2n) is 6.48. The molecule has 0 bridgehead atoms. The van der Waals surface area contributed by atoms with Crippen LogP contribution in [0, 0.1) is 17.2 Å². The lowest BCUT2D eigenvalue weighted by Gasteiger charge is -2.55. The minimum absolute atomic E-state index is 0.177. The van der Waals surface area contributed by atoms with Crippen molar-refractivity contribution in [1.29, 1.82) is 0 Å². The smallest absolute Gasteiger partial charge is 0.123 e. The number of fused-ring (bicyclic) bond motifs is 1. The highest BCUT2D eigenvalue weighted by Gasteiger charge is 2.59. The lowest BCUT2D eigenvalue weighted by Crippen LogP contribution is -2.66. The zero-order chi connectivity index (χ0) is 13.6. The molecule has 1 aliphatic heterocycles. The summed E-state index contributed by atoms with van der Waals surface area (Å²) in [5.74, 6) is 0.460. The fraction of sp³-hybridized carbons (Fsp3) is 0.625. The molecule has 3 heteroatoms. The highest BCUT2D eigenvalue weighted by atomic mass is 19.1. The summed E-state index contributed by atoms with van der Waals surface area (Å²) in [6, 6.07) is 7.51. The molecule has 2 nitrogen and oxygen atoms in total. The van der Waals surface area contributed by atoms with E-state index >= 15 is 0 Å². The summed E-state index contributed by atoms with van der Waals surface area (Å²) >= 11 is 0. The highest BCUT2D eigenvalue weighted by Crippen LogP contribution is 2.52. The number of benzene rings is 1. The minimum atomic E-state index is -0.177. The maximum absolute atomic E-state index is 13.0. The monoisotopic (exact) mass is 263 g/mol. The highest BCUT2D eigenvalue weighted by molar-refractivity contribution is 5.21. The molecule has 1 saturated heterocycles. The van der Waals surface area contributed by atoms with E-state index in [9.17, 15) is 4.39 Å². The van der Waals surface area contributed by atoms with E-state index < -0.39 is 0 Å². The summed E-state index contributed by atoms with van der Waals surface area (Å²) in [5, 5.41) is 3.71. The predicted molar refractivity (Wildman–Crippen MR) is 73.4 cm³/mol. The summed E-state index contributed by atoms with van der Waals surface area (Å²) in [4.78, 5) is 0. The fourth-order valence-electron chi connectivity index (χ4n) is 3.78. The topological polar surface area (TPSA) is 21.3 Å². The molecule has 3 rings (SSSR count). The van der Waals surface area contributed by atoms with Gasteiger partial charge in [0.2, 0.25) is 0 Å². The van der Waals surface area contributed by atoms with Crippen molar-refractivity contribution in [3.8, 4) is 0 Å². The van der Waals surface area contributed by atoms with Crippen molar-refractivity contribution in [2.75, 3.05) is 6.61 Å². The van der Waals surface area contributed by atoms with Crippen LogP contribution in [0.4, 0.5) is 4.39 Å². The zero-order valence-corrected chi connectivity index (χ0v) is 11.8. The van der Waals surface area contributed by atoms with Crippen LogP contribution in [-0.2, 0) is 4.74 Å². The first-order chi connectivity index (χ1) is 9.00. The molecule has 19 heavy (non-hydrogen) atoms. The predicted octanol–water partition coefficient (Wildman–Crippen LogP) is 3.29. The van der Waals surface area contributed by atoms with Crippen LogP contribution in [0.3, 0.4) is 0 Å². The second kappa shape index (κ2) is 4.57. The molecule has 0 aromatic heterocycles. The van der Waals surface area contributed by atoms with Crippen LogP contribution in [0.1, 0.15) is 38.8 Å². The van der Waals surface area contributed by atoms with E-state index in [2.05, 4.69) is 26.1 Å². The average Bonchev–Trinajstić information content (AvgIpc) is 2.83. The first-order valence-electron chi connectivity index (χ1n) is 7.13. The van der Waals surface area contributed by atoms with Gasteiger partial charge in [0.25, 0.3) is 0 Å². The summed E-state index contributed by atoms with van der Waals surface area (Å²) < 4.78 is 18.8. The summed E-state index contributed by atoms with van der Waals surface area (Å²) in [6.45, 7) is 7.58. The Hall–Kier alpha value is -0.930. The SMILES string of the molecule is CC(NC1C2CCOC2C1(C)C)c1ccc(F)cc1. The molecule has 1 aromatic rings. The van der Waals surface area contributed by atoms with Crippen LogP contribution in [0.25, 0.3) is 0 Å². The van der Waals surface area contributed by atoms with Crippen LogP contribution in [0.15, 0.2) is 24.3 Å². The Kier molecular flexibility index (Phi) is 3.14. The molecule has 0 amide bonds. The lowest BCUT2D eigenvalue weighted by atomic mass is 9.57. The lowest BCUT2D eigenvalue weighted by molar-refractivity contribution is -0.115. The summed E-state index contributed by atoms with van der Waals surface area (Å²) in [7, 11) is 0. The Morgan fingerprint density at radius 2 is 2.00 bits per heavy atom. The van der Waals surface area contributed by atoms with Crippen molar-refractivity contribution in [1.82, 2.24) is 5.32 Å². The van der Waals surface area contributed by atoms with Gasteiger partial charge in [-0.2, -0.15) is 0 Å². The van der Waals surface area contributed by atoms with Crippen LogP contribution in [0.2, 0.25) is 0 Å². The number of rotatable bonds is 3. The van der Waals surface area contributed by atoms with E-state index in [1.807, 2.05) is 12.1 Å². The Balaban J connectivity index is 1.69. The quantitative estimate of drug-likeness (QED) is 0.903. The molecular weight excluding hydrogens is 241 g/mol. The first kappa shape index (κ1) is 13.1. The van der Waals surface area contributed by atoms with E-state index in [1.54, 1.807) is 0 Å². The standard InChI is InChI=1S/C16H22FNO/c1-10(11-4-6-12(17)7-5-11)18-14-13-8-9-19-15(13)16(14,2)3/h4-7,10,13-15,18H,8-9H2,1-3H3. The average molecular weight is 263 g/mol. The van der Waals surface area contributed by atoms with Crippen molar-refractivity contribution >= 4 is 0 Å². The van der Waals surface area contributed by atoms with Crippen molar-refractivity contribution < 1.29 is 9.13 Å². The van der Waals surface area contributed by atoms with Gasteiger partial charge in [-0.1, -0.05) is 26.0 Å². The molecular formula is C16H22FNO. The molecule has 2 aliphatic rings. The normalized spacial score (nSPS) is 33.6. The second-order valence-corrected chi connectivity index (χ2v) is 6.48. The van der Waals surface area contributed by atoms with Gasteiger partial charge in [0, 0.05) is 30.0 Å². The Labute approximate surface area is 114 Å². The largest absolute Gasteiger partial charge is 0.377 e. The van der Waals surface area contributed by atoms with Crippen LogP contribution in [0.5, 0.6) is 0 Å². The van der Waals surface area contributed by atoms with Crippen LogP contribution in [-0.4, -0.2) is 18.8 Å². The third-order valence-electron chi connectivity index (χ3n) is 4.90. The Morgan fingerprint density at radius 1 is 1.32 bits per heavy atom. The van der Waals surface area contributed by atoms with Crippen molar-refractivity contribution in [3.63, 3.8) is 0 Å². The third-order valence-corrected chi connectivity index (χ3v) is 4.90. The van der Waals surface area contributed by atoms with Gasteiger partial charge in [-0.25, -0.2) is 4.39 Å². The van der Waals surface area contributed by atoms with Crippen LogP contribution < -0.4 is 5.32 Å². The molecule has 0 radical (unpaired) electrons. The maximum Gasteiger partial charge on any atom is 0.123 e. The molecule has 1 aliphatic carbocycles. The third kappa shape index (κ3) is 2.09. The van der Waals surface area contributed by atoms with Gasteiger partial charge in [0.05, 0.1) is 6.10 Å². The summed E-state index contributed by atoms with van der Waals surface area (Å²) in [6.07, 6.45) is 1.56. The van der Waals surface area contributed by atoms with Crippen LogP contribution >= 0.6 is 0 Å². The van der Waals surface area contributed by atoms with E-state index in [-0.39, 0.29) is 17.3 Å². The molecule has 1 heterocycles. The molecule has 0 spiro atoms. The van der Waals surface area contributed by atoms with Gasteiger partial charge in [-0.3, -0.25) is 0 Å². The zero-order valence-electron chi connectivity index (χ0n) is 11.8. The van der Waals surface area contributed by atoms with Crippen molar-refractivity contribution in [3.05, 3.63) is 35.6 Å². The number of halogens is 1. The van der Waals surface area contributed by atoms with Crippen molar-refractivity contribution in [2.24, 2.45) is 11.3 Å². The van der Waals surface area contributed by atoms with E-state index in [0.29, 0.717) is 18.1 Å². The minimum Gasteiger partial charge on any atom is -0.377 e. The van der Waals surface area contributed by atoms with Gasteiger partial charge in [0.1, 0.15) is 5.82 Å². The van der Waals surface area contributed by atoms with E-state index in [1.165, 1.54) is 12.1 Å². The Morgan fingerprint density at radius 3 is 2.68 bits per heavy atom. The number of nitrogens with one attached hydrogen (secondary N) is 1. The van der Waals surface area contributed by atoms with Gasteiger partial charge >= 0.3 is 0 Å². The fourth-order valence-corrected chi connectivity index (χ4v) is 3.78. The van der Waals surface area contributed by atoms with E-state index in [4.69, 9.17) is 4.74 Å². The molecule has 1 aromatic carbocycles. The Bertz CT molecular complexity index is 456. The molecule has 1 saturated carbocycles.